The number of fused-ring (bicyclic) bond motifs is 4. The Morgan fingerprint density at radius 3 is 2.72 bits per heavy atom. The van der Waals surface area contributed by atoms with Crippen molar-refractivity contribution in [2.24, 2.45) is 5.92 Å². The average Bonchev–Trinajstić information content (AvgIpc) is 3.40. The van der Waals surface area contributed by atoms with Gasteiger partial charge < -0.3 is 14.5 Å². The van der Waals surface area contributed by atoms with Crippen LogP contribution < -0.4 is 15.0 Å². The second-order valence-corrected chi connectivity index (χ2v) is 9.95. The second kappa shape index (κ2) is 7.76. The lowest BCUT2D eigenvalue weighted by Gasteiger charge is -2.46. The van der Waals surface area contributed by atoms with E-state index in [1.165, 1.54) is 32.2 Å². The predicted octanol–water partition coefficient (Wildman–Crippen LogP) is 1.77. The maximum absolute atomic E-state index is 13.1. The van der Waals surface area contributed by atoms with Crippen LogP contribution in [0.1, 0.15) is 55.9 Å². The Morgan fingerprint density at radius 2 is 1.91 bits per heavy atom. The van der Waals surface area contributed by atoms with E-state index in [1.807, 2.05) is 6.07 Å². The number of nitrogens with one attached hydrogen (secondary N) is 1. The summed E-state index contributed by atoms with van der Waals surface area (Å²) in [7, 11) is 0. The summed E-state index contributed by atoms with van der Waals surface area (Å²) >= 11 is 0. The molecular formula is C24H32N4O4. The molecule has 1 unspecified atom stereocenters. The zero-order valence-electron chi connectivity index (χ0n) is 18.3. The van der Waals surface area contributed by atoms with Gasteiger partial charge in [-0.3, -0.25) is 24.6 Å². The highest BCUT2D eigenvalue weighted by Gasteiger charge is 2.41. The van der Waals surface area contributed by atoms with Crippen molar-refractivity contribution < 1.29 is 20.5 Å². The van der Waals surface area contributed by atoms with Crippen molar-refractivity contribution in [3.63, 3.8) is 0 Å². The first kappa shape index (κ1) is 20.0. The summed E-state index contributed by atoms with van der Waals surface area (Å²) in [5.74, 6) is 0.831. The van der Waals surface area contributed by atoms with Gasteiger partial charge in [-0.05, 0) is 42.9 Å². The van der Waals surface area contributed by atoms with E-state index in [9.17, 15) is 14.4 Å². The van der Waals surface area contributed by atoms with E-state index >= 15 is 0 Å². The minimum Gasteiger partial charge on any atom is -0.489 e. The molecule has 4 aliphatic heterocycles. The first-order valence-corrected chi connectivity index (χ1v) is 12.0. The minimum atomic E-state index is -0.586. The lowest BCUT2D eigenvalue weighted by molar-refractivity contribution is -0.136. The van der Waals surface area contributed by atoms with Gasteiger partial charge in [-0.25, -0.2) is 0 Å². The largest absolute Gasteiger partial charge is 0.489 e. The van der Waals surface area contributed by atoms with Gasteiger partial charge in [0.15, 0.2) is 0 Å². The number of amides is 3. The lowest BCUT2D eigenvalue weighted by atomic mass is 10.0. The SMILES string of the molecule is O=C1CCC(N2Cc3cc4c(cc3C2=O)OC[C@H]2CN(CC3CCCC3)CCN42)C(=O)N1.[HH]. The van der Waals surface area contributed by atoms with Gasteiger partial charge in [0, 0.05) is 46.1 Å². The Labute approximate surface area is 189 Å². The Bertz CT molecular complexity index is 979. The summed E-state index contributed by atoms with van der Waals surface area (Å²) in [5, 5.41) is 2.37. The Morgan fingerprint density at radius 1 is 1.06 bits per heavy atom. The second-order valence-electron chi connectivity index (χ2n) is 9.95. The van der Waals surface area contributed by atoms with E-state index < -0.39 is 6.04 Å². The molecule has 172 valence electrons. The van der Waals surface area contributed by atoms with E-state index in [1.54, 1.807) is 4.90 Å². The Kier molecular flexibility index (Phi) is 4.86. The summed E-state index contributed by atoms with van der Waals surface area (Å²) < 4.78 is 6.14. The number of nitrogens with zero attached hydrogens (tertiary/aromatic N) is 3. The molecule has 0 radical (unpaired) electrons. The van der Waals surface area contributed by atoms with Crippen LogP contribution in [-0.2, 0) is 16.1 Å². The number of piperidine rings is 1. The molecule has 2 atom stereocenters. The molecular weight excluding hydrogens is 408 g/mol. The van der Waals surface area contributed by atoms with E-state index in [-0.39, 0.29) is 25.6 Å². The van der Waals surface area contributed by atoms with Gasteiger partial charge in [-0.2, -0.15) is 0 Å². The summed E-state index contributed by atoms with van der Waals surface area (Å²) in [6, 6.07) is 3.70. The number of rotatable bonds is 3. The van der Waals surface area contributed by atoms with Crippen LogP contribution in [0.25, 0.3) is 0 Å². The van der Waals surface area contributed by atoms with Crippen LogP contribution in [0.15, 0.2) is 12.1 Å². The van der Waals surface area contributed by atoms with Crippen LogP contribution >= 0.6 is 0 Å². The molecule has 4 heterocycles. The molecule has 1 aliphatic carbocycles. The molecule has 1 N–H and O–H groups in total. The molecule has 8 nitrogen and oxygen atoms in total. The quantitative estimate of drug-likeness (QED) is 0.722. The van der Waals surface area contributed by atoms with E-state index in [2.05, 4.69) is 21.2 Å². The van der Waals surface area contributed by atoms with Gasteiger partial charge in [0.1, 0.15) is 18.4 Å². The topological polar surface area (TPSA) is 82.2 Å². The zero-order valence-corrected chi connectivity index (χ0v) is 18.3. The normalized spacial score (nSPS) is 28.3. The number of imide groups is 1. The fourth-order valence-corrected chi connectivity index (χ4v) is 6.21. The van der Waals surface area contributed by atoms with Crippen molar-refractivity contribution in [1.29, 1.82) is 0 Å². The highest BCUT2D eigenvalue weighted by molar-refractivity contribution is 6.05. The van der Waals surface area contributed by atoms with Gasteiger partial charge in [-0.15, -0.1) is 0 Å². The molecule has 2 saturated heterocycles. The van der Waals surface area contributed by atoms with Gasteiger partial charge in [0.2, 0.25) is 11.8 Å². The molecule has 5 aliphatic rings. The monoisotopic (exact) mass is 440 g/mol. The molecule has 32 heavy (non-hydrogen) atoms. The smallest absolute Gasteiger partial charge is 0.255 e. The van der Waals surface area contributed by atoms with Crippen LogP contribution in [0.5, 0.6) is 5.75 Å². The molecule has 0 aromatic heterocycles. The summed E-state index contributed by atoms with van der Waals surface area (Å²) in [5.41, 5.74) is 2.63. The molecule has 3 fully saturated rings. The van der Waals surface area contributed by atoms with Crippen LogP contribution in [0, 0.1) is 5.92 Å². The van der Waals surface area contributed by atoms with Crippen LogP contribution in [0.3, 0.4) is 0 Å². The number of hydrogen-bond donors (Lipinski definition) is 1. The Balaban J connectivity index is 0.00000228. The maximum atomic E-state index is 13.1. The van der Waals surface area contributed by atoms with Gasteiger partial charge in [0.25, 0.3) is 5.91 Å². The number of hydrogen-bond acceptors (Lipinski definition) is 6. The van der Waals surface area contributed by atoms with Crippen LogP contribution in [0.4, 0.5) is 5.69 Å². The van der Waals surface area contributed by atoms with Crippen molar-refractivity contribution in [2.75, 3.05) is 37.7 Å². The fourth-order valence-electron chi connectivity index (χ4n) is 6.21. The van der Waals surface area contributed by atoms with Crippen LogP contribution in [0.2, 0.25) is 0 Å². The third-order valence-corrected chi connectivity index (χ3v) is 7.90. The van der Waals surface area contributed by atoms with Gasteiger partial charge in [-0.1, -0.05) is 12.8 Å². The molecule has 6 rings (SSSR count). The number of carbonyl (C=O) groups is 3. The van der Waals surface area contributed by atoms with E-state index in [0.29, 0.717) is 31.2 Å². The summed E-state index contributed by atoms with van der Waals surface area (Å²) in [6.07, 6.45) is 6.14. The maximum Gasteiger partial charge on any atom is 0.255 e. The summed E-state index contributed by atoms with van der Waals surface area (Å²) in [6.45, 7) is 5.30. The number of benzene rings is 1. The molecule has 3 amide bonds. The minimum absolute atomic E-state index is 0. The molecule has 0 bridgehead atoms. The number of anilines is 1. The molecule has 1 saturated carbocycles. The first-order chi connectivity index (χ1) is 15.6. The lowest BCUT2D eigenvalue weighted by Crippen LogP contribution is -2.57. The van der Waals surface area contributed by atoms with Crippen molar-refractivity contribution >= 4 is 23.4 Å². The molecule has 1 aromatic carbocycles. The third kappa shape index (κ3) is 3.36. The Hall–Kier alpha value is -2.61. The van der Waals surface area contributed by atoms with Crippen LogP contribution in [-0.4, -0.2) is 72.4 Å². The van der Waals surface area contributed by atoms with Crippen molar-refractivity contribution in [1.82, 2.24) is 15.1 Å². The van der Waals surface area contributed by atoms with E-state index in [0.717, 1.165) is 42.6 Å². The molecule has 8 heteroatoms. The number of piperazine rings is 1. The predicted molar refractivity (Wildman–Crippen MR) is 120 cm³/mol. The molecule has 0 spiro atoms. The average molecular weight is 441 g/mol. The fraction of sp³-hybridized carbons (Fsp3) is 0.625. The van der Waals surface area contributed by atoms with Gasteiger partial charge >= 0.3 is 0 Å². The highest BCUT2D eigenvalue weighted by Crippen LogP contribution is 2.41. The number of carbonyl (C=O) groups excluding carboxylic acids is 3. The summed E-state index contributed by atoms with van der Waals surface area (Å²) in [4.78, 5) is 43.6. The van der Waals surface area contributed by atoms with Crippen molar-refractivity contribution in [2.45, 2.75) is 57.2 Å². The van der Waals surface area contributed by atoms with E-state index in [4.69, 9.17) is 4.74 Å². The third-order valence-electron chi connectivity index (χ3n) is 7.90. The van der Waals surface area contributed by atoms with Crippen molar-refractivity contribution in [3.8, 4) is 5.75 Å². The zero-order chi connectivity index (χ0) is 21.8. The first-order valence-electron chi connectivity index (χ1n) is 12.0. The highest BCUT2D eigenvalue weighted by atomic mass is 16.5. The number of ether oxygens (including phenoxy) is 1. The molecule has 1 aromatic rings. The van der Waals surface area contributed by atoms with Crippen molar-refractivity contribution in [3.05, 3.63) is 23.3 Å². The van der Waals surface area contributed by atoms with Gasteiger partial charge in [0.05, 0.1) is 11.7 Å². The standard InChI is InChI=1S/C24H30N4O4.H2/c29-22-6-5-19(23(30)25-22)28-12-16-9-20-21(10-18(16)24(28)31)32-14-17-13-26(7-8-27(17)20)11-15-3-1-2-4-15;/h9-10,15,17,19H,1-8,11-14H2,(H,25,29,30);1H/t17-,19?;/m1./s1.